The minimum absolute atomic E-state index is 0.425. The number of hydrogen-bond donors (Lipinski definition) is 1. The lowest BCUT2D eigenvalue weighted by molar-refractivity contribution is 1.01. The van der Waals surface area contributed by atoms with Crippen LogP contribution >= 0.6 is 23.6 Å². The smallest absolute Gasteiger partial charge is 0.214 e. The van der Waals surface area contributed by atoms with Crippen LogP contribution in [0, 0.1) is 4.77 Å². The van der Waals surface area contributed by atoms with Gasteiger partial charge in [-0.1, -0.05) is 30.3 Å². The molecule has 0 atom stereocenters. The van der Waals surface area contributed by atoms with Gasteiger partial charge in [0.15, 0.2) is 0 Å². The molecule has 0 bridgehead atoms. The molecule has 0 aliphatic heterocycles. The number of nitrogens with zero attached hydrogens (tertiary/aromatic N) is 2. The van der Waals surface area contributed by atoms with Crippen molar-refractivity contribution in [2.75, 3.05) is 0 Å². The van der Waals surface area contributed by atoms with Crippen molar-refractivity contribution in [3.63, 3.8) is 0 Å². The quantitative estimate of drug-likeness (QED) is 0.668. The van der Waals surface area contributed by atoms with E-state index in [1.165, 1.54) is 5.56 Å². The average Bonchev–Trinajstić information content (AvgIpc) is 2.73. The molecular weight excluding hydrogens is 238 g/mol. The molecule has 2 aromatic heterocycles. The Hall–Kier alpha value is -1.59. The Kier molecular flexibility index (Phi) is 2.27. The van der Waals surface area contributed by atoms with E-state index in [4.69, 9.17) is 12.2 Å². The third-order valence-electron chi connectivity index (χ3n) is 2.23. The predicted molar refractivity (Wildman–Crippen MR) is 68.0 cm³/mol. The summed E-state index contributed by atoms with van der Waals surface area (Å²) in [4.78, 5) is 6.27. The molecular formula is C11H7N3S2. The molecule has 0 aliphatic rings. The summed E-state index contributed by atoms with van der Waals surface area (Å²) >= 11 is 6.55. The highest BCUT2D eigenvalue weighted by Gasteiger charge is 2.05. The first-order chi connectivity index (χ1) is 7.83. The number of thiophene rings is 1. The Bertz CT molecular complexity index is 685. The van der Waals surface area contributed by atoms with Crippen LogP contribution in [0.1, 0.15) is 0 Å². The Labute approximate surface area is 101 Å². The molecule has 0 radical (unpaired) electrons. The molecule has 1 aromatic carbocycles. The molecule has 3 rings (SSSR count). The van der Waals surface area contributed by atoms with E-state index in [0.717, 1.165) is 15.2 Å². The average molecular weight is 245 g/mol. The van der Waals surface area contributed by atoms with Gasteiger partial charge in [0.05, 0.1) is 0 Å². The van der Waals surface area contributed by atoms with Crippen molar-refractivity contribution < 1.29 is 0 Å². The molecule has 0 unspecified atom stereocenters. The molecule has 5 heteroatoms. The van der Waals surface area contributed by atoms with Crippen LogP contribution in [0.3, 0.4) is 0 Å². The lowest BCUT2D eigenvalue weighted by atomic mass is 10.2. The van der Waals surface area contributed by atoms with Gasteiger partial charge in [-0.25, -0.2) is 4.98 Å². The molecule has 1 N–H and O–H groups in total. The third kappa shape index (κ3) is 1.64. The SMILES string of the molecule is S=c1nc2sc(-c3ccccc3)cc2n[nH]1. The van der Waals surface area contributed by atoms with Crippen molar-refractivity contribution in [3.05, 3.63) is 41.2 Å². The van der Waals surface area contributed by atoms with Crippen LogP contribution in [-0.4, -0.2) is 15.2 Å². The lowest BCUT2D eigenvalue weighted by Gasteiger charge is -1.93. The number of aromatic amines is 1. The van der Waals surface area contributed by atoms with Gasteiger partial charge in [0.2, 0.25) is 4.77 Å². The molecule has 16 heavy (non-hydrogen) atoms. The lowest BCUT2D eigenvalue weighted by Crippen LogP contribution is -1.83. The van der Waals surface area contributed by atoms with E-state index in [1.807, 2.05) is 24.3 Å². The number of fused-ring (bicyclic) bond motifs is 1. The number of aromatic nitrogens is 3. The molecule has 0 amide bonds. The van der Waals surface area contributed by atoms with Crippen LogP contribution in [0.5, 0.6) is 0 Å². The summed E-state index contributed by atoms with van der Waals surface area (Å²) in [5.41, 5.74) is 2.04. The maximum absolute atomic E-state index is 4.94. The van der Waals surface area contributed by atoms with E-state index in [-0.39, 0.29) is 0 Å². The van der Waals surface area contributed by atoms with E-state index in [2.05, 4.69) is 27.3 Å². The van der Waals surface area contributed by atoms with E-state index in [9.17, 15) is 0 Å². The number of nitrogens with one attached hydrogen (secondary N) is 1. The van der Waals surface area contributed by atoms with Gasteiger partial charge in [-0.05, 0) is 23.8 Å². The summed E-state index contributed by atoms with van der Waals surface area (Å²) in [5.74, 6) is 0. The molecule has 78 valence electrons. The second kappa shape index (κ2) is 3.77. The zero-order valence-electron chi connectivity index (χ0n) is 8.18. The second-order valence-electron chi connectivity index (χ2n) is 3.31. The van der Waals surface area contributed by atoms with Crippen molar-refractivity contribution in [1.29, 1.82) is 0 Å². The second-order valence-corrected chi connectivity index (χ2v) is 4.72. The van der Waals surface area contributed by atoms with Crippen LogP contribution < -0.4 is 0 Å². The van der Waals surface area contributed by atoms with Gasteiger partial charge in [-0.2, -0.15) is 5.10 Å². The molecule has 3 nitrogen and oxygen atoms in total. The molecule has 0 fully saturated rings. The van der Waals surface area contributed by atoms with Gasteiger partial charge in [-0.3, -0.25) is 5.10 Å². The van der Waals surface area contributed by atoms with Crippen LogP contribution in [0.25, 0.3) is 20.8 Å². The van der Waals surface area contributed by atoms with Gasteiger partial charge in [0.1, 0.15) is 10.3 Å². The normalized spacial score (nSPS) is 10.8. The van der Waals surface area contributed by atoms with Crippen molar-refractivity contribution in [2.24, 2.45) is 0 Å². The standard InChI is InChI=1S/C11H7N3S2/c15-11-12-10-8(13-14-11)6-9(16-10)7-4-2-1-3-5-7/h1-6H,(H,12,14,15). The van der Waals surface area contributed by atoms with Crippen LogP contribution in [0.4, 0.5) is 0 Å². The van der Waals surface area contributed by atoms with E-state index < -0.39 is 0 Å². The van der Waals surface area contributed by atoms with Crippen LogP contribution in [-0.2, 0) is 0 Å². The molecule has 2 heterocycles. The Balaban J connectivity index is 2.23. The third-order valence-corrected chi connectivity index (χ3v) is 3.48. The number of hydrogen-bond acceptors (Lipinski definition) is 4. The minimum Gasteiger partial charge on any atom is -0.251 e. The van der Waals surface area contributed by atoms with E-state index in [1.54, 1.807) is 11.3 Å². The summed E-state index contributed by atoms with van der Waals surface area (Å²) in [6, 6.07) is 12.2. The van der Waals surface area contributed by atoms with Crippen molar-refractivity contribution >= 4 is 33.9 Å². The maximum Gasteiger partial charge on any atom is 0.214 e. The first-order valence-corrected chi connectivity index (χ1v) is 5.97. The van der Waals surface area contributed by atoms with Crippen LogP contribution in [0.2, 0.25) is 0 Å². The highest BCUT2D eigenvalue weighted by atomic mass is 32.1. The van der Waals surface area contributed by atoms with Gasteiger partial charge in [0.25, 0.3) is 0 Å². The van der Waals surface area contributed by atoms with Crippen molar-refractivity contribution in [3.8, 4) is 10.4 Å². The largest absolute Gasteiger partial charge is 0.251 e. The predicted octanol–water partition coefficient (Wildman–Crippen LogP) is 3.42. The molecule has 3 aromatic rings. The fourth-order valence-electron chi connectivity index (χ4n) is 1.50. The monoisotopic (exact) mass is 245 g/mol. The summed E-state index contributed by atoms with van der Waals surface area (Å²) in [5, 5.41) is 6.85. The Morgan fingerprint density at radius 3 is 2.81 bits per heavy atom. The minimum atomic E-state index is 0.425. The van der Waals surface area contributed by atoms with Gasteiger partial charge in [-0.15, -0.1) is 11.3 Å². The number of rotatable bonds is 1. The highest BCUT2D eigenvalue weighted by Crippen LogP contribution is 2.30. The molecule has 0 saturated carbocycles. The van der Waals surface area contributed by atoms with E-state index >= 15 is 0 Å². The summed E-state index contributed by atoms with van der Waals surface area (Å²) in [7, 11) is 0. The maximum atomic E-state index is 4.94. The zero-order valence-corrected chi connectivity index (χ0v) is 9.81. The fraction of sp³-hybridized carbons (Fsp3) is 0. The summed E-state index contributed by atoms with van der Waals surface area (Å²) < 4.78 is 0.425. The molecule has 0 aliphatic carbocycles. The van der Waals surface area contributed by atoms with Gasteiger partial charge in [0, 0.05) is 4.88 Å². The van der Waals surface area contributed by atoms with Crippen molar-refractivity contribution in [1.82, 2.24) is 15.2 Å². The first kappa shape index (κ1) is 9.62. The van der Waals surface area contributed by atoms with Gasteiger partial charge < -0.3 is 0 Å². The summed E-state index contributed by atoms with van der Waals surface area (Å²) in [6.45, 7) is 0. The Morgan fingerprint density at radius 1 is 1.19 bits per heavy atom. The first-order valence-electron chi connectivity index (χ1n) is 4.74. The van der Waals surface area contributed by atoms with Gasteiger partial charge >= 0.3 is 0 Å². The van der Waals surface area contributed by atoms with Crippen LogP contribution in [0.15, 0.2) is 36.4 Å². The highest BCUT2D eigenvalue weighted by molar-refractivity contribution is 7.71. The number of benzene rings is 1. The molecule has 0 spiro atoms. The van der Waals surface area contributed by atoms with Crippen molar-refractivity contribution in [2.45, 2.75) is 0 Å². The number of H-pyrrole nitrogens is 1. The summed E-state index contributed by atoms with van der Waals surface area (Å²) in [6.07, 6.45) is 0. The Morgan fingerprint density at radius 2 is 2.00 bits per heavy atom. The topological polar surface area (TPSA) is 41.6 Å². The fourth-order valence-corrected chi connectivity index (χ4v) is 2.68. The zero-order chi connectivity index (χ0) is 11.0. The van der Waals surface area contributed by atoms with E-state index in [0.29, 0.717) is 4.77 Å². The molecule has 0 saturated heterocycles.